The number of hydrogen-bond donors (Lipinski definition) is 1. The molecule has 1 atom stereocenters. The first-order valence-corrected chi connectivity index (χ1v) is 7.52. The minimum absolute atomic E-state index is 0.0314. The number of hydrogen-bond acceptors (Lipinski definition) is 5. The predicted molar refractivity (Wildman–Crippen MR) is 81.4 cm³/mol. The lowest BCUT2D eigenvalue weighted by Crippen LogP contribution is -2.60. The number of aromatic nitrogens is 2. The Morgan fingerprint density at radius 1 is 1.26 bits per heavy atom. The second kappa shape index (κ2) is 6.24. The highest BCUT2D eigenvalue weighted by molar-refractivity contribution is 5.42. The fourth-order valence-corrected chi connectivity index (χ4v) is 2.34. The van der Waals surface area contributed by atoms with E-state index in [9.17, 15) is 13.2 Å². The number of aliphatic hydroxyl groups is 1. The van der Waals surface area contributed by atoms with E-state index in [4.69, 9.17) is 5.11 Å². The summed E-state index contributed by atoms with van der Waals surface area (Å²) in [7, 11) is 1.59. The Labute approximate surface area is 134 Å². The van der Waals surface area contributed by atoms with Crippen molar-refractivity contribution in [2.45, 2.75) is 44.5 Å². The third-order valence-corrected chi connectivity index (χ3v) is 4.07. The topological polar surface area (TPSA) is 52.5 Å². The molecule has 0 bridgehead atoms. The quantitative estimate of drug-likeness (QED) is 0.911. The van der Waals surface area contributed by atoms with Crippen molar-refractivity contribution in [1.29, 1.82) is 0 Å². The Hall–Kier alpha value is -1.41. The van der Waals surface area contributed by atoms with Crippen LogP contribution in [0.4, 0.5) is 19.0 Å². The smallest absolute Gasteiger partial charge is 0.382 e. The standard InChI is InChI=1S/C15H23F3N4O/c1-14(2,3)11-5-6-13(20-19-11)22-7-10(8-22)21(4)9-12(23)15(16,17)18/h5-6,10,12,23H,7-9H2,1-4H3. The van der Waals surface area contributed by atoms with Crippen LogP contribution in [0, 0.1) is 0 Å². The average molecular weight is 332 g/mol. The molecule has 8 heteroatoms. The number of rotatable bonds is 4. The summed E-state index contributed by atoms with van der Waals surface area (Å²) < 4.78 is 37.1. The lowest BCUT2D eigenvalue weighted by Gasteiger charge is -2.45. The zero-order chi connectivity index (χ0) is 17.4. The van der Waals surface area contributed by atoms with Gasteiger partial charge in [0.2, 0.25) is 0 Å². The van der Waals surface area contributed by atoms with Gasteiger partial charge in [-0.3, -0.25) is 4.90 Å². The number of aliphatic hydroxyl groups excluding tert-OH is 1. The second-order valence-corrected chi connectivity index (χ2v) is 7.08. The van der Waals surface area contributed by atoms with Gasteiger partial charge in [-0.05, 0) is 19.2 Å². The summed E-state index contributed by atoms with van der Waals surface area (Å²) in [4.78, 5) is 3.49. The Morgan fingerprint density at radius 2 is 1.87 bits per heavy atom. The highest BCUT2D eigenvalue weighted by Crippen LogP contribution is 2.26. The van der Waals surface area contributed by atoms with E-state index in [0.29, 0.717) is 13.1 Å². The van der Waals surface area contributed by atoms with Crippen LogP contribution >= 0.6 is 0 Å². The molecular weight excluding hydrogens is 309 g/mol. The van der Waals surface area contributed by atoms with E-state index in [0.717, 1.165) is 11.5 Å². The summed E-state index contributed by atoms with van der Waals surface area (Å²) in [6.45, 7) is 6.89. The molecular formula is C15H23F3N4O. The van der Waals surface area contributed by atoms with Gasteiger partial charge < -0.3 is 10.0 Å². The highest BCUT2D eigenvalue weighted by atomic mass is 19.4. The summed E-state index contributed by atoms with van der Waals surface area (Å²) in [5.74, 6) is 0.721. The number of anilines is 1. The van der Waals surface area contributed by atoms with Crippen molar-refractivity contribution in [3.05, 3.63) is 17.8 Å². The molecule has 2 rings (SSSR count). The first-order chi connectivity index (χ1) is 10.5. The Kier molecular flexibility index (Phi) is 4.86. The molecule has 0 aromatic carbocycles. The Bertz CT molecular complexity index is 521. The van der Waals surface area contributed by atoms with E-state index in [-0.39, 0.29) is 11.5 Å². The normalized spacial score (nSPS) is 18.2. The molecule has 1 unspecified atom stereocenters. The molecule has 0 amide bonds. The van der Waals surface area contributed by atoms with Crippen LogP contribution in [0.25, 0.3) is 0 Å². The van der Waals surface area contributed by atoms with E-state index in [2.05, 4.69) is 31.0 Å². The molecule has 1 aromatic rings. The molecule has 23 heavy (non-hydrogen) atoms. The lowest BCUT2D eigenvalue weighted by atomic mass is 9.92. The summed E-state index contributed by atoms with van der Waals surface area (Å²) in [5.41, 5.74) is 0.820. The predicted octanol–water partition coefficient (Wildman–Crippen LogP) is 1.82. The van der Waals surface area contributed by atoms with Gasteiger partial charge in [0.25, 0.3) is 0 Å². The maximum atomic E-state index is 12.4. The van der Waals surface area contributed by atoms with Crippen molar-refractivity contribution in [3.8, 4) is 0 Å². The molecule has 0 spiro atoms. The lowest BCUT2D eigenvalue weighted by molar-refractivity contribution is -0.208. The highest BCUT2D eigenvalue weighted by Gasteiger charge is 2.41. The third-order valence-electron chi connectivity index (χ3n) is 4.07. The largest absolute Gasteiger partial charge is 0.415 e. The molecule has 1 aliphatic rings. The fourth-order valence-electron chi connectivity index (χ4n) is 2.34. The van der Waals surface area contributed by atoms with Gasteiger partial charge in [0, 0.05) is 31.1 Å². The van der Waals surface area contributed by atoms with E-state index < -0.39 is 18.8 Å². The van der Waals surface area contributed by atoms with E-state index in [1.165, 1.54) is 4.90 Å². The molecule has 1 saturated heterocycles. The van der Waals surface area contributed by atoms with Crippen LogP contribution in [-0.4, -0.2) is 65.2 Å². The van der Waals surface area contributed by atoms with Crippen molar-refractivity contribution in [3.63, 3.8) is 0 Å². The summed E-state index contributed by atoms with van der Waals surface area (Å²) in [6, 6.07) is 3.78. The van der Waals surface area contributed by atoms with Crippen molar-refractivity contribution in [1.82, 2.24) is 15.1 Å². The van der Waals surface area contributed by atoms with Crippen molar-refractivity contribution < 1.29 is 18.3 Å². The minimum Gasteiger partial charge on any atom is -0.382 e. The molecule has 1 aromatic heterocycles. The van der Waals surface area contributed by atoms with Crippen LogP contribution in [0.5, 0.6) is 0 Å². The van der Waals surface area contributed by atoms with Gasteiger partial charge in [0.15, 0.2) is 11.9 Å². The molecule has 1 fully saturated rings. The van der Waals surface area contributed by atoms with Gasteiger partial charge in [-0.1, -0.05) is 20.8 Å². The van der Waals surface area contributed by atoms with E-state index in [1.807, 2.05) is 17.0 Å². The number of halogens is 3. The summed E-state index contributed by atoms with van der Waals surface area (Å²) in [5, 5.41) is 17.5. The molecule has 1 aliphatic heterocycles. The van der Waals surface area contributed by atoms with Crippen molar-refractivity contribution in [2.75, 3.05) is 31.6 Å². The zero-order valence-corrected chi connectivity index (χ0v) is 13.8. The second-order valence-electron chi connectivity index (χ2n) is 7.08. The maximum Gasteiger partial charge on any atom is 0.415 e. The van der Waals surface area contributed by atoms with Gasteiger partial charge in [-0.2, -0.15) is 18.3 Å². The Balaban J connectivity index is 1.87. The van der Waals surface area contributed by atoms with E-state index in [1.54, 1.807) is 7.05 Å². The van der Waals surface area contributed by atoms with Crippen LogP contribution < -0.4 is 4.90 Å². The van der Waals surface area contributed by atoms with Gasteiger partial charge in [0.05, 0.1) is 5.69 Å². The SMILES string of the molecule is CN(CC(O)C(F)(F)F)C1CN(c2ccc(C(C)(C)C)nn2)C1. The Morgan fingerprint density at radius 3 is 2.30 bits per heavy atom. The minimum atomic E-state index is -4.58. The number of alkyl halides is 3. The number of nitrogens with zero attached hydrogens (tertiary/aromatic N) is 4. The first-order valence-electron chi connectivity index (χ1n) is 7.52. The first kappa shape index (κ1) is 17.9. The van der Waals surface area contributed by atoms with Crippen LogP contribution in [-0.2, 0) is 5.41 Å². The molecule has 130 valence electrons. The fraction of sp³-hybridized carbons (Fsp3) is 0.733. The van der Waals surface area contributed by atoms with Crippen molar-refractivity contribution in [2.24, 2.45) is 0 Å². The van der Waals surface area contributed by atoms with Gasteiger partial charge >= 0.3 is 6.18 Å². The average Bonchev–Trinajstić information content (AvgIpc) is 2.35. The number of likely N-dealkylation sites (N-methyl/N-ethyl adjacent to an activating group) is 1. The maximum absolute atomic E-state index is 12.4. The van der Waals surface area contributed by atoms with Crippen LogP contribution in [0.15, 0.2) is 12.1 Å². The van der Waals surface area contributed by atoms with Crippen LogP contribution in [0.2, 0.25) is 0 Å². The van der Waals surface area contributed by atoms with E-state index >= 15 is 0 Å². The monoisotopic (exact) mass is 332 g/mol. The van der Waals surface area contributed by atoms with Crippen LogP contribution in [0.1, 0.15) is 26.5 Å². The molecule has 2 heterocycles. The van der Waals surface area contributed by atoms with Gasteiger partial charge in [0.1, 0.15) is 0 Å². The summed E-state index contributed by atoms with van der Waals surface area (Å²) in [6.07, 6.45) is -6.89. The van der Waals surface area contributed by atoms with Gasteiger partial charge in [-0.15, -0.1) is 5.10 Å². The van der Waals surface area contributed by atoms with Crippen molar-refractivity contribution >= 4 is 5.82 Å². The molecule has 0 aliphatic carbocycles. The molecule has 1 N–H and O–H groups in total. The van der Waals surface area contributed by atoms with Crippen LogP contribution in [0.3, 0.4) is 0 Å². The zero-order valence-electron chi connectivity index (χ0n) is 13.8. The van der Waals surface area contributed by atoms with Gasteiger partial charge in [-0.25, -0.2) is 0 Å². The molecule has 5 nitrogen and oxygen atoms in total. The summed E-state index contributed by atoms with van der Waals surface area (Å²) >= 11 is 0. The third kappa shape index (κ3) is 4.32. The molecule has 0 saturated carbocycles. The molecule has 0 radical (unpaired) electrons.